The van der Waals surface area contributed by atoms with Crippen molar-refractivity contribution in [3.05, 3.63) is 24.5 Å². The average Bonchev–Trinajstić information content (AvgIpc) is 3.29. The second kappa shape index (κ2) is 7.46. The van der Waals surface area contributed by atoms with Crippen LogP contribution in [0, 0.1) is 5.92 Å². The van der Waals surface area contributed by atoms with Crippen molar-refractivity contribution in [2.24, 2.45) is 5.92 Å². The molecule has 28 heavy (non-hydrogen) atoms. The van der Waals surface area contributed by atoms with Gasteiger partial charge in [0.15, 0.2) is 0 Å². The Labute approximate surface area is 167 Å². The summed E-state index contributed by atoms with van der Waals surface area (Å²) in [5.74, 6) is 0.0790. The van der Waals surface area contributed by atoms with Gasteiger partial charge in [0.05, 0.1) is 5.75 Å². The lowest BCUT2D eigenvalue weighted by molar-refractivity contribution is -0.137. The van der Waals surface area contributed by atoms with Crippen molar-refractivity contribution < 1.29 is 14.4 Å². The van der Waals surface area contributed by atoms with Crippen LogP contribution in [-0.2, 0) is 9.59 Å². The van der Waals surface area contributed by atoms with E-state index in [2.05, 4.69) is 21.8 Å². The van der Waals surface area contributed by atoms with Gasteiger partial charge in [-0.25, -0.2) is 4.98 Å². The number of hydrogen-bond acceptors (Lipinski definition) is 6. The number of likely N-dealkylation sites (N-methyl/N-ethyl adjacent to an activating group) is 1. The molecule has 2 aliphatic rings. The molecule has 1 N–H and O–H groups in total. The number of anilines is 1. The SMILES string of the molecule is CC1CCN(C(=O)CN2C(=O)CSC2=O)CC1N(C)c1ccnc2[nH]ccc12. The number of likely N-dealkylation sites (tertiary alicyclic amines) is 1. The van der Waals surface area contributed by atoms with E-state index in [-0.39, 0.29) is 35.4 Å². The Morgan fingerprint density at radius 3 is 2.96 bits per heavy atom. The van der Waals surface area contributed by atoms with Crippen LogP contribution in [0.5, 0.6) is 0 Å². The number of H-pyrrole nitrogens is 1. The molecule has 2 saturated heterocycles. The molecule has 0 bridgehead atoms. The maximum absolute atomic E-state index is 12.8. The molecule has 2 aromatic heterocycles. The number of nitrogens with one attached hydrogen (secondary N) is 1. The van der Waals surface area contributed by atoms with Crippen molar-refractivity contribution in [1.29, 1.82) is 0 Å². The Morgan fingerprint density at radius 1 is 1.39 bits per heavy atom. The van der Waals surface area contributed by atoms with Gasteiger partial charge in [-0.15, -0.1) is 0 Å². The van der Waals surface area contributed by atoms with Crippen LogP contribution in [0.2, 0.25) is 0 Å². The van der Waals surface area contributed by atoms with Crippen LogP contribution < -0.4 is 4.90 Å². The summed E-state index contributed by atoms with van der Waals surface area (Å²) in [5, 5.41) is 0.718. The Morgan fingerprint density at radius 2 is 2.21 bits per heavy atom. The molecule has 2 fully saturated rings. The van der Waals surface area contributed by atoms with E-state index in [1.54, 1.807) is 11.1 Å². The van der Waals surface area contributed by atoms with Crippen LogP contribution >= 0.6 is 11.8 Å². The number of amides is 3. The second-order valence-electron chi connectivity index (χ2n) is 7.39. The third kappa shape index (κ3) is 3.34. The zero-order valence-corrected chi connectivity index (χ0v) is 16.7. The van der Waals surface area contributed by atoms with Gasteiger partial charge in [-0.2, -0.15) is 0 Å². The molecule has 9 heteroatoms. The fraction of sp³-hybridized carbons (Fsp3) is 0.474. The number of thioether (sulfide) groups is 1. The number of carbonyl (C=O) groups is 3. The van der Waals surface area contributed by atoms with E-state index >= 15 is 0 Å². The number of imide groups is 1. The first-order valence-corrected chi connectivity index (χ1v) is 10.3. The lowest BCUT2D eigenvalue weighted by Gasteiger charge is -2.43. The molecular formula is C19H23N5O3S. The highest BCUT2D eigenvalue weighted by Gasteiger charge is 2.36. The lowest BCUT2D eigenvalue weighted by Crippen LogP contribution is -2.54. The molecule has 4 heterocycles. The number of rotatable bonds is 4. The first-order valence-electron chi connectivity index (χ1n) is 9.35. The summed E-state index contributed by atoms with van der Waals surface area (Å²) in [5.41, 5.74) is 1.91. The number of hydrogen-bond donors (Lipinski definition) is 1. The first-order chi connectivity index (χ1) is 13.5. The van der Waals surface area contributed by atoms with E-state index < -0.39 is 0 Å². The molecule has 0 aliphatic carbocycles. The predicted octanol–water partition coefficient (Wildman–Crippen LogP) is 1.93. The molecule has 4 rings (SSSR count). The van der Waals surface area contributed by atoms with E-state index in [0.29, 0.717) is 19.0 Å². The van der Waals surface area contributed by atoms with E-state index in [1.165, 1.54) is 0 Å². The molecule has 0 spiro atoms. The molecule has 3 amide bonds. The Hall–Kier alpha value is -2.55. The molecular weight excluding hydrogens is 378 g/mol. The minimum atomic E-state index is -0.330. The van der Waals surface area contributed by atoms with Crippen molar-refractivity contribution in [2.45, 2.75) is 19.4 Å². The number of pyridine rings is 1. The topological polar surface area (TPSA) is 89.6 Å². The Kier molecular flexibility index (Phi) is 5.01. The maximum Gasteiger partial charge on any atom is 0.289 e. The number of aromatic amines is 1. The van der Waals surface area contributed by atoms with Crippen LogP contribution in [0.15, 0.2) is 24.5 Å². The van der Waals surface area contributed by atoms with Gasteiger partial charge in [-0.3, -0.25) is 19.3 Å². The average molecular weight is 401 g/mol. The maximum atomic E-state index is 12.8. The fourth-order valence-electron chi connectivity index (χ4n) is 3.98. The first kappa shape index (κ1) is 18.8. The lowest BCUT2D eigenvalue weighted by atomic mass is 9.91. The van der Waals surface area contributed by atoms with Gasteiger partial charge in [-0.1, -0.05) is 18.7 Å². The van der Waals surface area contributed by atoms with Gasteiger partial charge in [0, 0.05) is 49.6 Å². The molecule has 2 aromatic rings. The number of fused-ring (bicyclic) bond motifs is 1. The second-order valence-corrected chi connectivity index (χ2v) is 8.32. The number of nitrogens with zero attached hydrogens (tertiary/aromatic N) is 4. The largest absolute Gasteiger partial charge is 0.369 e. The summed E-state index contributed by atoms with van der Waals surface area (Å²) in [4.78, 5) is 48.9. The van der Waals surface area contributed by atoms with Gasteiger partial charge in [0.1, 0.15) is 12.2 Å². The van der Waals surface area contributed by atoms with Crippen molar-refractivity contribution in [3.63, 3.8) is 0 Å². The van der Waals surface area contributed by atoms with Crippen LogP contribution in [0.25, 0.3) is 11.0 Å². The van der Waals surface area contributed by atoms with Gasteiger partial charge >= 0.3 is 0 Å². The minimum absolute atomic E-state index is 0.128. The van der Waals surface area contributed by atoms with Gasteiger partial charge < -0.3 is 14.8 Å². The number of carbonyl (C=O) groups excluding carboxylic acids is 3. The van der Waals surface area contributed by atoms with Gasteiger partial charge in [0.25, 0.3) is 5.24 Å². The minimum Gasteiger partial charge on any atom is -0.369 e. The molecule has 8 nitrogen and oxygen atoms in total. The normalized spacial score (nSPS) is 22.9. The monoisotopic (exact) mass is 401 g/mol. The van der Waals surface area contributed by atoms with E-state index in [0.717, 1.165) is 39.8 Å². The van der Waals surface area contributed by atoms with E-state index in [4.69, 9.17) is 0 Å². The molecule has 148 valence electrons. The van der Waals surface area contributed by atoms with Crippen molar-refractivity contribution in [1.82, 2.24) is 19.8 Å². The number of piperidine rings is 1. The van der Waals surface area contributed by atoms with Crippen LogP contribution in [0.1, 0.15) is 13.3 Å². The smallest absolute Gasteiger partial charge is 0.289 e. The highest BCUT2D eigenvalue weighted by molar-refractivity contribution is 8.14. The molecule has 0 radical (unpaired) electrons. The molecule has 2 aliphatic heterocycles. The van der Waals surface area contributed by atoms with Gasteiger partial charge in [0.2, 0.25) is 11.8 Å². The highest BCUT2D eigenvalue weighted by Crippen LogP contribution is 2.30. The summed E-state index contributed by atoms with van der Waals surface area (Å²) in [6, 6.07) is 4.13. The quantitative estimate of drug-likeness (QED) is 0.842. The Balaban J connectivity index is 1.50. The standard InChI is InChI=1S/C19H23N5O3S/c1-12-5-8-23(16(25)10-24-17(26)11-28-19(24)27)9-15(12)22(2)14-4-7-21-18-13(14)3-6-20-18/h3-4,6-7,12,15H,5,8-11H2,1-2H3,(H,20,21). The van der Waals surface area contributed by atoms with Crippen molar-refractivity contribution >= 4 is 45.5 Å². The third-order valence-corrected chi connectivity index (χ3v) is 6.58. The van der Waals surface area contributed by atoms with Crippen LogP contribution in [0.3, 0.4) is 0 Å². The molecule has 0 aromatic carbocycles. The van der Waals surface area contributed by atoms with Crippen molar-refractivity contribution in [2.75, 3.05) is 37.3 Å². The fourth-order valence-corrected chi connectivity index (χ4v) is 4.71. The van der Waals surface area contributed by atoms with E-state index in [9.17, 15) is 14.4 Å². The third-order valence-electron chi connectivity index (χ3n) is 5.72. The zero-order chi connectivity index (χ0) is 19.8. The Bertz CT molecular complexity index is 913. The van der Waals surface area contributed by atoms with E-state index in [1.807, 2.05) is 25.4 Å². The molecule has 0 saturated carbocycles. The molecule has 2 atom stereocenters. The highest BCUT2D eigenvalue weighted by atomic mass is 32.2. The summed E-state index contributed by atoms with van der Waals surface area (Å²) < 4.78 is 0. The summed E-state index contributed by atoms with van der Waals surface area (Å²) in [6.45, 7) is 3.24. The van der Waals surface area contributed by atoms with Crippen molar-refractivity contribution in [3.8, 4) is 0 Å². The summed E-state index contributed by atoms with van der Waals surface area (Å²) in [7, 11) is 2.04. The predicted molar refractivity (Wildman–Crippen MR) is 108 cm³/mol. The zero-order valence-electron chi connectivity index (χ0n) is 15.9. The van der Waals surface area contributed by atoms with Gasteiger partial charge in [-0.05, 0) is 24.5 Å². The van der Waals surface area contributed by atoms with Crippen LogP contribution in [0.4, 0.5) is 10.5 Å². The van der Waals surface area contributed by atoms with Crippen LogP contribution in [-0.4, -0.2) is 75.3 Å². The summed E-state index contributed by atoms with van der Waals surface area (Å²) in [6.07, 6.45) is 4.53. The molecule has 2 unspecified atom stereocenters. The summed E-state index contributed by atoms with van der Waals surface area (Å²) >= 11 is 0.957. The number of aromatic nitrogens is 2.